The maximum Gasteiger partial charge on any atom is 0.417 e. The monoisotopic (exact) mass is 497 g/mol. The maximum atomic E-state index is 13.4. The molecule has 0 aliphatic rings. The number of alkyl halides is 3. The molecule has 35 heavy (non-hydrogen) atoms. The van der Waals surface area contributed by atoms with Crippen LogP contribution in [0.15, 0.2) is 27.4 Å². The van der Waals surface area contributed by atoms with E-state index in [0.29, 0.717) is 75.0 Å². The van der Waals surface area contributed by atoms with Crippen molar-refractivity contribution in [3.63, 3.8) is 0 Å². The van der Waals surface area contributed by atoms with Gasteiger partial charge in [-0.3, -0.25) is 14.5 Å². The Balaban J connectivity index is 2.02. The minimum Gasteiger partial charge on any atom is -0.493 e. The number of amides is 2. The molecule has 2 amide bonds. The van der Waals surface area contributed by atoms with Gasteiger partial charge in [0.1, 0.15) is 11.3 Å². The van der Waals surface area contributed by atoms with E-state index < -0.39 is 17.4 Å². The van der Waals surface area contributed by atoms with E-state index in [0.717, 1.165) is 6.42 Å². The molecule has 0 unspecified atom stereocenters. The maximum absolute atomic E-state index is 13.4. The smallest absolute Gasteiger partial charge is 0.417 e. The Labute approximate surface area is 203 Å². The van der Waals surface area contributed by atoms with Crippen molar-refractivity contribution in [2.24, 2.45) is 5.92 Å². The highest BCUT2D eigenvalue weighted by atomic mass is 19.4. The second-order valence-corrected chi connectivity index (χ2v) is 9.05. The summed E-state index contributed by atoms with van der Waals surface area (Å²) in [6, 6.07) is 3.22. The molecular weight excluding hydrogens is 463 g/mol. The number of rotatable bonds is 12. The third-order valence-corrected chi connectivity index (χ3v) is 5.68. The lowest BCUT2D eigenvalue weighted by Gasteiger charge is -2.19. The summed E-state index contributed by atoms with van der Waals surface area (Å²) >= 11 is 0. The lowest BCUT2D eigenvalue weighted by atomic mass is 10.0. The Kier molecular flexibility index (Phi) is 10.3. The van der Waals surface area contributed by atoms with Gasteiger partial charge in [0.25, 0.3) is 0 Å². The van der Waals surface area contributed by atoms with Gasteiger partial charge in [-0.05, 0) is 50.2 Å². The Morgan fingerprint density at radius 2 is 1.86 bits per heavy atom. The topological polar surface area (TPSA) is 76.8 Å². The van der Waals surface area contributed by atoms with Crippen LogP contribution < -0.4 is 10.4 Å². The van der Waals surface area contributed by atoms with Crippen molar-refractivity contribution in [1.82, 2.24) is 4.90 Å². The number of hydrogen-bond acceptors (Lipinski definition) is 5. The number of fused-ring (bicyclic) bond motifs is 1. The van der Waals surface area contributed by atoms with Crippen LogP contribution in [0, 0.1) is 5.92 Å². The molecule has 0 aliphatic heterocycles. The summed E-state index contributed by atoms with van der Waals surface area (Å²) in [5, 5.41) is -0.167. The van der Waals surface area contributed by atoms with Crippen molar-refractivity contribution in [1.29, 1.82) is 0 Å². The van der Waals surface area contributed by atoms with Crippen molar-refractivity contribution < 1.29 is 31.9 Å². The molecule has 0 bridgehead atoms. The summed E-state index contributed by atoms with van der Waals surface area (Å²) in [4.78, 5) is 37.2. The minimum atomic E-state index is -4.68. The molecule has 0 spiro atoms. The van der Waals surface area contributed by atoms with Crippen LogP contribution in [-0.2, 0) is 22.2 Å². The van der Waals surface area contributed by atoms with E-state index in [-0.39, 0.29) is 22.8 Å². The highest BCUT2D eigenvalue weighted by Gasteiger charge is 2.34. The largest absolute Gasteiger partial charge is 0.493 e. The van der Waals surface area contributed by atoms with Crippen LogP contribution in [0.3, 0.4) is 0 Å². The predicted octanol–water partition coefficient (Wildman–Crippen LogP) is 6.12. The highest BCUT2D eigenvalue weighted by Crippen LogP contribution is 2.37. The van der Waals surface area contributed by atoms with Gasteiger partial charge < -0.3 is 9.15 Å². The van der Waals surface area contributed by atoms with Gasteiger partial charge in [0.15, 0.2) is 0 Å². The summed E-state index contributed by atoms with van der Waals surface area (Å²) in [6.45, 7) is 7.94. The van der Waals surface area contributed by atoms with E-state index in [4.69, 9.17) is 9.15 Å². The fraction of sp³-hybridized carbons (Fsp3) is 0.577. The summed E-state index contributed by atoms with van der Waals surface area (Å²) in [7, 11) is 0. The zero-order valence-electron chi connectivity index (χ0n) is 20.8. The minimum absolute atomic E-state index is 0.0961. The van der Waals surface area contributed by atoms with E-state index in [9.17, 15) is 27.6 Å². The molecule has 0 saturated heterocycles. The number of carbonyl (C=O) groups is 2. The lowest BCUT2D eigenvalue weighted by molar-refractivity contribution is -0.143. The lowest BCUT2D eigenvalue weighted by Crippen LogP contribution is -2.36. The van der Waals surface area contributed by atoms with Crippen molar-refractivity contribution in [2.75, 3.05) is 13.2 Å². The molecule has 1 aromatic heterocycles. The van der Waals surface area contributed by atoms with Gasteiger partial charge in [0, 0.05) is 36.9 Å². The number of halogens is 3. The van der Waals surface area contributed by atoms with Crippen molar-refractivity contribution in [3.05, 3.63) is 39.7 Å². The molecule has 0 atom stereocenters. The fourth-order valence-electron chi connectivity index (χ4n) is 3.86. The summed E-state index contributed by atoms with van der Waals surface area (Å²) < 4.78 is 51.2. The average Bonchev–Trinajstić information content (AvgIpc) is 2.76. The van der Waals surface area contributed by atoms with Crippen LogP contribution in [-0.4, -0.2) is 29.9 Å². The van der Waals surface area contributed by atoms with Gasteiger partial charge in [0.05, 0.1) is 12.2 Å². The number of unbranched alkanes of at least 4 members (excludes halogenated alkanes) is 2. The molecular formula is C26H34F3NO5. The van der Waals surface area contributed by atoms with Crippen molar-refractivity contribution >= 4 is 22.8 Å². The van der Waals surface area contributed by atoms with Gasteiger partial charge in [-0.2, -0.15) is 13.2 Å². The number of imide groups is 1. The molecule has 2 rings (SSSR count). The zero-order valence-corrected chi connectivity index (χ0v) is 20.8. The SMILES string of the molecule is CCCc1c(OCCCCCN(C(C)=O)C(=O)CCC(C)C)ccc2c(C(F)(F)F)cc(=O)oc12. The number of ether oxygens (including phenoxy) is 1. The molecule has 0 N–H and O–H groups in total. The van der Waals surface area contributed by atoms with Gasteiger partial charge in [0.2, 0.25) is 11.8 Å². The number of nitrogens with zero attached hydrogens (tertiary/aromatic N) is 1. The van der Waals surface area contributed by atoms with Gasteiger partial charge in [-0.25, -0.2) is 4.79 Å². The molecule has 1 heterocycles. The van der Waals surface area contributed by atoms with E-state index in [2.05, 4.69) is 0 Å². The van der Waals surface area contributed by atoms with Crippen LogP contribution >= 0.6 is 0 Å². The Bertz CT molecular complexity index is 1080. The average molecular weight is 498 g/mol. The molecule has 6 nitrogen and oxygen atoms in total. The first-order valence-corrected chi connectivity index (χ1v) is 12.1. The quantitative estimate of drug-likeness (QED) is 0.261. The van der Waals surface area contributed by atoms with Gasteiger partial charge in [-0.15, -0.1) is 0 Å². The molecule has 9 heteroatoms. The zero-order chi connectivity index (χ0) is 26.2. The van der Waals surface area contributed by atoms with Crippen molar-refractivity contribution in [3.8, 4) is 5.75 Å². The molecule has 0 aliphatic carbocycles. The molecule has 2 aromatic rings. The first-order valence-electron chi connectivity index (χ1n) is 12.1. The summed E-state index contributed by atoms with van der Waals surface area (Å²) in [6.07, 6.45) is -0.636. The first kappa shape index (κ1) is 28.4. The second kappa shape index (κ2) is 12.7. The fourth-order valence-corrected chi connectivity index (χ4v) is 3.86. The number of carbonyl (C=O) groups excluding carboxylic acids is 2. The summed E-state index contributed by atoms with van der Waals surface area (Å²) in [5.74, 6) is 0.333. The van der Waals surface area contributed by atoms with E-state index in [1.807, 2.05) is 20.8 Å². The van der Waals surface area contributed by atoms with Crippen LogP contribution in [0.1, 0.15) is 77.3 Å². The van der Waals surface area contributed by atoms with Crippen LogP contribution in [0.2, 0.25) is 0 Å². The molecule has 1 aromatic carbocycles. The summed E-state index contributed by atoms with van der Waals surface area (Å²) in [5.41, 5.74) is -1.74. The normalized spacial score (nSPS) is 11.8. The molecule has 0 radical (unpaired) electrons. The van der Waals surface area contributed by atoms with Gasteiger partial charge >= 0.3 is 11.8 Å². The van der Waals surface area contributed by atoms with Crippen molar-refractivity contribution in [2.45, 2.75) is 78.8 Å². The number of benzene rings is 1. The number of aryl methyl sites for hydroxylation is 1. The second-order valence-electron chi connectivity index (χ2n) is 9.05. The predicted molar refractivity (Wildman–Crippen MR) is 127 cm³/mol. The third kappa shape index (κ3) is 8.11. The first-order chi connectivity index (χ1) is 16.5. The standard InChI is InChI=1S/C26H34F3NO5/c1-5-9-20-22(12-11-19-21(26(27,28)29)16-24(33)35-25(19)20)34-15-8-6-7-14-30(18(4)31)23(32)13-10-17(2)3/h11-12,16-17H,5-10,13-15H2,1-4H3. The van der Waals surface area contributed by atoms with E-state index >= 15 is 0 Å². The number of hydrogen-bond donors (Lipinski definition) is 0. The van der Waals surface area contributed by atoms with E-state index in [1.54, 1.807) is 0 Å². The van der Waals surface area contributed by atoms with Gasteiger partial charge in [-0.1, -0.05) is 27.2 Å². The van der Waals surface area contributed by atoms with Crippen LogP contribution in [0.5, 0.6) is 5.75 Å². The molecule has 194 valence electrons. The van der Waals surface area contributed by atoms with Crippen LogP contribution in [0.4, 0.5) is 13.2 Å². The van der Waals surface area contributed by atoms with Crippen LogP contribution in [0.25, 0.3) is 11.0 Å². The van der Waals surface area contributed by atoms with E-state index in [1.165, 1.54) is 24.0 Å². The Morgan fingerprint density at radius 3 is 2.46 bits per heavy atom. The molecule has 0 saturated carbocycles. The Hall–Kier alpha value is -2.84. The highest BCUT2D eigenvalue weighted by molar-refractivity contribution is 5.94. The third-order valence-electron chi connectivity index (χ3n) is 5.68. The molecule has 0 fully saturated rings. The Morgan fingerprint density at radius 1 is 1.14 bits per heavy atom.